The second kappa shape index (κ2) is 13.3. The summed E-state index contributed by atoms with van der Waals surface area (Å²) in [5.74, 6) is -0.988. The predicted octanol–water partition coefficient (Wildman–Crippen LogP) is 4.75. The predicted molar refractivity (Wildman–Crippen MR) is 159 cm³/mol. The lowest BCUT2D eigenvalue weighted by Crippen LogP contribution is -2.60. The number of hydrogen-bond donors (Lipinski definition) is 2. The molecule has 2 heterocycles. The summed E-state index contributed by atoms with van der Waals surface area (Å²) in [5.41, 5.74) is 0.136. The standard InChI is InChI=1S/C33H47N3O6/c1-32(2)19-15-10-8-6-7-9-14-18-24(30(39)41-5)34-28(37)26-25-23(33(25,3)4)20-36(26)29(38)27(32)35-31(40)42-21-22-16-12-11-13-17-22/h6,8,11-13,16-17,23-27H,7,9-10,14-15,18-21H2,1-5H3,(H,34,37)(H,35,40)/t23?,24-,25-,26-,27+/m0/s1. The molecule has 1 saturated carbocycles. The molecule has 3 aliphatic rings. The van der Waals surface area contributed by atoms with Crippen molar-refractivity contribution < 1.29 is 28.7 Å². The Bertz CT molecular complexity index is 1160. The molecule has 1 aromatic carbocycles. The highest BCUT2D eigenvalue weighted by molar-refractivity contribution is 5.95. The molecule has 3 amide bonds. The van der Waals surface area contributed by atoms with E-state index in [0.717, 1.165) is 37.7 Å². The lowest BCUT2D eigenvalue weighted by atomic mass is 9.78. The number of allylic oxidation sites excluding steroid dienone is 2. The number of ether oxygens (including phenoxy) is 2. The Hall–Kier alpha value is -3.36. The number of carbonyl (C=O) groups is 4. The van der Waals surface area contributed by atoms with Gasteiger partial charge in [-0.2, -0.15) is 0 Å². The van der Waals surface area contributed by atoms with Gasteiger partial charge in [-0.3, -0.25) is 9.59 Å². The van der Waals surface area contributed by atoms with Crippen LogP contribution in [-0.4, -0.2) is 60.6 Å². The molecule has 4 rings (SSSR count). The van der Waals surface area contributed by atoms with Gasteiger partial charge < -0.3 is 25.0 Å². The highest BCUT2D eigenvalue weighted by Crippen LogP contribution is 2.65. The monoisotopic (exact) mass is 581 g/mol. The quantitative estimate of drug-likeness (QED) is 0.392. The molecule has 230 valence electrons. The Labute approximate surface area is 249 Å². The molecule has 1 saturated heterocycles. The number of amides is 3. The van der Waals surface area contributed by atoms with Crippen molar-refractivity contribution >= 4 is 23.9 Å². The number of benzene rings is 1. The molecule has 1 unspecified atom stereocenters. The summed E-state index contributed by atoms with van der Waals surface area (Å²) < 4.78 is 10.5. The van der Waals surface area contributed by atoms with Gasteiger partial charge in [0, 0.05) is 6.54 Å². The zero-order valence-electron chi connectivity index (χ0n) is 25.7. The van der Waals surface area contributed by atoms with Crippen molar-refractivity contribution in [3.63, 3.8) is 0 Å². The van der Waals surface area contributed by atoms with E-state index in [1.54, 1.807) is 4.90 Å². The number of fused-ring (bicyclic) bond motifs is 3. The van der Waals surface area contributed by atoms with Gasteiger partial charge in [0.05, 0.1) is 7.11 Å². The lowest BCUT2D eigenvalue weighted by molar-refractivity contribution is -0.148. The van der Waals surface area contributed by atoms with Crippen LogP contribution in [0.1, 0.15) is 78.2 Å². The normalized spacial score (nSPS) is 29.4. The SMILES string of the molecule is COC(=O)[C@@H]1CCCCC=CCCCC(C)(C)[C@H](NC(=O)OCc2ccccc2)C(=O)N2CC3[C@@H]([C@H]2C(=O)N1)C3(C)C. The second-order valence-electron chi connectivity index (χ2n) is 13.2. The number of piperidine rings is 1. The summed E-state index contributed by atoms with van der Waals surface area (Å²) in [7, 11) is 1.32. The number of nitrogens with one attached hydrogen (secondary N) is 2. The Kier molecular flexibility index (Phi) is 10.00. The van der Waals surface area contributed by atoms with Crippen LogP contribution in [0.4, 0.5) is 4.79 Å². The van der Waals surface area contributed by atoms with Gasteiger partial charge >= 0.3 is 12.1 Å². The van der Waals surface area contributed by atoms with Crippen molar-refractivity contribution in [2.45, 2.75) is 97.4 Å². The fourth-order valence-electron chi connectivity index (χ4n) is 6.77. The minimum Gasteiger partial charge on any atom is -0.467 e. The summed E-state index contributed by atoms with van der Waals surface area (Å²) in [6.45, 7) is 8.70. The van der Waals surface area contributed by atoms with E-state index < -0.39 is 35.6 Å². The molecule has 0 spiro atoms. The number of rotatable bonds is 4. The van der Waals surface area contributed by atoms with Crippen molar-refractivity contribution in [1.82, 2.24) is 15.5 Å². The van der Waals surface area contributed by atoms with Gasteiger partial charge in [0.15, 0.2) is 0 Å². The van der Waals surface area contributed by atoms with Gasteiger partial charge in [0.2, 0.25) is 11.8 Å². The molecule has 9 nitrogen and oxygen atoms in total. The van der Waals surface area contributed by atoms with Gasteiger partial charge in [-0.1, -0.05) is 76.6 Å². The molecule has 9 heteroatoms. The first-order valence-electron chi connectivity index (χ1n) is 15.3. The van der Waals surface area contributed by atoms with Crippen LogP contribution in [-0.2, 0) is 30.5 Å². The van der Waals surface area contributed by atoms with Crippen LogP contribution < -0.4 is 10.6 Å². The molecule has 0 bridgehead atoms. The summed E-state index contributed by atoms with van der Waals surface area (Å²) >= 11 is 0. The minimum atomic E-state index is -0.896. The topological polar surface area (TPSA) is 114 Å². The number of alkyl carbamates (subject to hydrolysis) is 1. The zero-order chi connectivity index (χ0) is 30.5. The zero-order valence-corrected chi connectivity index (χ0v) is 25.7. The molecular weight excluding hydrogens is 534 g/mol. The lowest BCUT2D eigenvalue weighted by Gasteiger charge is -2.39. The minimum absolute atomic E-state index is 0.0279. The van der Waals surface area contributed by atoms with Crippen LogP contribution in [0.2, 0.25) is 0 Å². The van der Waals surface area contributed by atoms with E-state index >= 15 is 0 Å². The molecular formula is C33H47N3O6. The van der Waals surface area contributed by atoms with Crippen LogP contribution in [0.5, 0.6) is 0 Å². The van der Waals surface area contributed by atoms with E-state index in [2.05, 4.69) is 36.6 Å². The molecule has 5 atom stereocenters. The molecule has 1 aliphatic carbocycles. The third-order valence-corrected chi connectivity index (χ3v) is 9.54. The van der Waals surface area contributed by atoms with E-state index in [1.807, 2.05) is 44.2 Å². The summed E-state index contributed by atoms with van der Waals surface area (Å²) in [6.07, 6.45) is 9.03. The number of hydrogen-bond acceptors (Lipinski definition) is 6. The van der Waals surface area contributed by atoms with Crippen molar-refractivity contribution in [2.75, 3.05) is 13.7 Å². The first-order chi connectivity index (χ1) is 20.0. The van der Waals surface area contributed by atoms with Gasteiger partial charge in [0.25, 0.3) is 0 Å². The molecule has 2 fully saturated rings. The van der Waals surface area contributed by atoms with Crippen LogP contribution in [0.25, 0.3) is 0 Å². The van der Waals surface area contributed by atoms with Crippen molar-refractivity contribution in [1.29, 1.82) is 0 Å². The van der Waals surface area contributed by atoms with Crippen LogP contribution in [0, 0.1) is 22.7 Å². The molecule has 42 heavy (non-hydrogen) atoms. The Morgan fingerprint density at radius 3 is 2.40 bits per heavy atom. The maximum Gasteiger partial charge on any atom is 0.408 e. The molecule has 0 radical (unpaired) electrons. The highest BCUT2D eigenvalue weighted by Gasteiger charge is 2.70. The second-order valence-corrected chi connectivity index (χ2v) is 13.2. The fraction of sp³-hybridized carbons (Fsp3) is 0.636. The summed E-state index contributed by atoms with van der Waals surface area (Å²) in [5, 5.41) is 5.81. The van der Waals surface area contributed by atoms with E-state index in [1.165, 1.54) is 7.11 Å². The largest absolute Gasteiger partial charge is 0.467 e. The molecule has 2 aliphatic heterocycles. The number of carbonyl (C=O) groups excluding carboxylic acids is 4. The van der Waals surface area contributed by atoms with E-state index in [4.69, 9.17) is 9.47 Å². The van der Waals surface area contributed by atoms with E-state index in [-0.39, 0.29) is 35.7 Å². The highest BCUT2D eigenvalue weighted by atomic mass is 16.5. The first kappa shape index (κ1) is 31.6. The molecule has 2 N–H and O–H groups in total. The number of methoxy groups -OCH3 is 1. The van der Waals surface area contributed by atoms with E-state index in [0.29, 0.717) is 19.4 Å². The van der Waals surface area contributed by atoms with Crippen LogP contribution >= 0.6 is 0 Å². The molecule has 1 aromatic rings. The Morgan fingerprint density at radius 1 is 1.02 bits per heavy atom. The van der Waals surface area contributed by atoms with Gasteiger partial charge in [-0.05, 0) is 66.8 Å². The van der Waals surface area contributed by atoms with Gasteiger partial charge in [-0.25, -0.2) is 9.59 Å². The van der Waals surface area contributed by atoms with Crippen molar-refractivity contribution in [3.8, 4) is 0 Å². The van der Waals surface area contributed by atoms with Crippen LogP contribution in [0.15, 0.2) is 42.5 Å². The maximum absolute atomic E-state index is 14.4. The van der Waals surface area contributed by atoms with Gasteiger partial charge in [-0.15, -0.1) is 0 Å². The average molecular weight is 582 g/mol. The summed E-state index contributed by atoms with van der Waals surface area (Å²) in [4.78, 5) is 55.5. The summed E-state index contributed by atoms with van der Waals surface area (Å²) in [6, 6.07) is 6.96. The van der Waals surface area contributed by atoms with Crippen molar-refractivity contribution in [2.24, 2.45) is 22.7 Å². The first-order valence-corrected chi connectivity index (χ1v) is 15.3. The third kappa shape index (κ3) is 7.16. The van der Waals surface area contributed by atoms with Crippen molar-refractivity contribution in [3.05, 3.63) is 48.0 Å². The molecule has 0 aromatic heterocycles. The Balaban J connectivity index is 1.60. The number of nitrogens with zero attached hydrogens (tertiary/aromatic N) is 1. The number of esters is 1. The third-order valence-electron chi connectivity index (χ3n) is 9.54. The average Bonchev–Trinajstić information content (AvgIpc) is 3.28. The fourth-order valence-corrected chi connectivity index (χ4v) is 6.77. The van der Waals surface area contributed by atoms with Gasteiger partial charge in [0.1, 0.15) is 24.7 Å². The maximum atomic E-state index is 14.4. The van der Waals surface area contributed by atoms with E-state index in [9.17, 15) is 19.2 Å². The Morgan fingerprint density at radius 2 is 1.71 bits per heavy atom. The smallest absolute Gasteiger partial charge is 0.408 e. The van der Waals surface area contributed by atoms with Crippen LogP contribution in [0.3, 0.4) is 0 Å².